The molecular formula is C11H11NO5. The molecule has 6 heteroatoms. The number of nitro groups is 1. The number of methoxy groups -OCH3 is 1. The van der Waals surface area contributed by atoms with Crippen molar-refractivity contribution in [3.05, 3.63) is 45.1 Å². The Labute approximate surface area is 97.3 Å². The minimum atomic E-state index is -0.698. The Morgan fingerprint density at radius 3 is 2.71 bits per heavy atom. The molecule has 0 aliphatic carbocycles. The maximum atomic E-state index is 11.3. The van der Waals surface area contributed by atoms with Crippen LogP contribution in [0.25, 0.3) is 6.08 Å². The predicted molar refractivity (Wildman–Crippen MR) is 60.1 cm³/mol. The molecule has 0 unspecified atom stereocenters. The molecule has 0 aliphatic heterocycles. The molecule has 0 amide bonds. The zero-order valence-corrected chi connectivity index (χ0v) is 9.34. The standard InChI is InChI=1S/C11H11NO5/c1-7(12(15)16)6-8-4-3-5-9(10(8)13)11(14)17-2/h3-6,13H,1-2H3/b7-6+. The molecule has 1 aromatic carbocycles. The highest BCUT2D eigenvalue weighted by atomic mass is 16.6. The van der Waals surface area contributed by atoms with Crippen molar-refractivity contribution in [2.24, 2.45) is 0 Å². The monoisotopic (exact) mass is 237 g/mol. The molecule has 1 N–H and O–H groups in total. The zero-order chi connectivity index (χ0) is 13.0. The summed E-state index contributed by atoms with van der Waals surface area (Å²) >= 11 is 0. The molecule has 0 radical (unpaired) electrons. The van der Waals surface area contributed by atoms with Crippen molar-refractivity contribution in [3.63, 3.8) is 0 Å². The van der Waals surface area contributed by atoms with Crippen molar-refractivity contribution in [2.45, 2.75) is 6.92 Å². The van der Waals surface area contributed by atoms with E-state index in [1.54, 1.807) is 0 Å². The summed E-state index contributed by atoms with van der Waals surface area (Å²) in [4.78, 5) is 21.1. The van der Waals surface area contributed by atoms with Crippen molar-refractivity contribution in [1.82, 2.24) is 0 Å². The summed E-state index contributed by atoms with van der Waals surface area (Å²) in [6, 6.07) is 4.35. The van der Waals surface area contributed by atoms with Gasteiger partial charge in [-0.25, -0.2) is 4.79 Å². The molecule has 6 nitrogen and oxygen atoms in total. The SMILES string of the molecule is COC(=O)c1cccc(/C=C(\C)[N+](=O)[O-])c1O. The van der Waals surface area contributed by atoms with Gasteiger partial charge in [0, 0.05) is 18.6 Å². The van der Waals surface area contributed by atoms with Crippen LogP contribution in [0.15, 0.2) is 23.9 Å². The smallest absolute Gasteiger partial charge is 0.341 e. The van der Waals surface area contributed by atoms with Gasteiger partial charge in [0.2, 0.25) is 5.70 Å². The van der Waals surface area contributed by atoms with Crippen LogP contribution in [0.5, 0.6) is 5.75 Å². The first-order valence-corrected chi connectivity index (χ1v) is 4.70. The number of ether oxygens (including phenoxy) is 1. The van der Waals surface area contributed by atoms with Crippen LogP contribution < -0.4 is 0 Å². The highest BCUT2D eigenvalue weighted by molar-refractivity contribution is 5.93. The lowest BCUT2D eigenvalue weighted by molar-refractivity contribution is -0.422. The van der Waals surface area contributed by atoms with Gasteiger partial charge in [-0.3, -0.25) is 10.1 Å². The summed E-state index contributed by atoms with van der Waals surface area (Å²) in [6.45, 7) is 1.30. The van der Waals surface area contributed by atoms with Gasteiger partial charge >= 0.3 is 5.97 Å². The average molecular weight is 237 g/mol. The number of allylic oxidation sites excluding steroid dienone is 1. The second-order valence-corrected chi connectivity index (χ2v) is 3.28. The van der Waals surface area contributed by atoms with Crippen molar-refractivity contribution in [2.75, 3.05) is 7.11 Å². The molecule has 0 atom stereocenters. The van der Waals surface area contributed by atoms with E-state index in [4.69, 9.17) is 0 Å². The van der Waals surface area contributed by atoms with Gasteiger partial charge in [-0.05, 0) is 6.07 Å². The van der Waals surface area contributed by atoms with Crippen LogP contribution in [0, 0.1) is 10.1 Å². The van der Waals surface area contributed by atoms with E-state index in [0.29, 0.717) is 0 Å². The molecule has 0 aromatic heterocycles. The molecule has 0 heterocycles. The Hall–Kier alpha value is -2.37. The molecular weight excluding hydrogens is 226 g/mol. The Morgan fingerprint density at radius 1 is 1.53 bits per heavy atom. The summed E-state index contributed by atoms with van der Waals surface area (Å²) in [5.41, 5.74) is 0.0295. The van der Waals surface area contributed by atoms with E-state index < -0.39 is 10.9 Å². The van der Waals surface area contributed by atoms with Crippen LogP contribution >= 0.6 is 0 Å². The minimum Gasteiger partial charge on any atom is -0.506 e. The zero-order valence-electron chi connectivity index (χ0n) is 9.34. The molecule has 0 saturated carbocycles. The highest BCUT2D eigenvalue weighted by Gasteiger charge is 2.14. The van der Waals surface area contributed by atoms with E-state index in [2.05, 4.69) is 4.74 Å². The van der Waals surface area contributed by atoms with Crippen LogP contribution in [0.1, 0.15) is 22.8 Å². The van der Waals surface area contributed by atoms with Crippen molar-refractivity contribution < 1.29 is 19.6 Å². The Bertz CT molecular complexity index is 493. The summed E-state index contributed by atoms with van der Waals surface area (Å²) in [6.07, 6.45) is 1.18. The predicted octanol–water partition coefficient (Wildman–Crippen LogP) is 1.82. The molecule has 0 bridgehead atoms. The number of carbonyl (C=O) groups is 1. The van der Waals surface area contributed by atoms with E-state index in [1.807, 2.05) is 0 Å². The second-order valence-electron chi connectivity index (χ2n) is 3.28. The molecule has 90 valence electrons. The van der Waals surface area contributed by atoms with Gasteiger partial charge in [0.25, 0.3) is 0 Å². The van der Waals surface area contributed by atoms with Crippen molar-refractivity contribution in [1.29, 1.82) is 0 Å². The fourth-order valence-corrected chi connectivity index (χ4v) is 1.23. The number of phenols is 1. The molecule has 1 rings (SSSR count). The van der Waals surface area contributed by atoms with Crippen LogP contribution in [0.3, 0.4) is 0 Å². The summed E-state index contributed by atoms with van der Waals surface area (Å²) in [5.74, 6) is -1.03. The number of carbonyl (C=O) groups excluding carboxylic acids is 1. The number of rotatable bonds is 3. The fraction of sp³-hybridized carbons (Fsp3) is 0.182. The average Bonchev–Trinajstić information content (AvgIpc) is 2.30. The number of para-hydroxylation sites is 1. The third-order valence-electron chi connectivity index (χ3n) is 2.12. The molecule has 0 fully saturated rings. The van der Waals surface area contributed by atoms with Crippen LogP contribution in [0.2, 0.25) is 0 Å². The maximum absolute atomic E-state index is 11.3. The van der Waals surface area contributed by atoms with E-state index in [9.17, 15) is 20.0 Å². The van der Waals surface area contributed by atoms with Crippen LogP contribution in [-0.2, 0) is 4.74 Å². The Morgan fingerprint density at radius 2 is 2.18 bits per heavy atom. The summed E-state index contributed by atoms with van der Waals surface area (Å²) in [5, 5.41) is 20.2. The van der Waals surface area contributed by atoms with Crippen LogP contribution in [-0.4, -0.2) is 23.1 Å². The lowest BCUT2D eigenvalue weighted by atomic mass is 10.1. The number of phenolic OH excluding ortho intramolecular Hbond substituents is 1. The number of hydrogen-bond acceptors (Lipinski definition) is 5. The van der Waals surface area contributed by atoms with Crippen molar-refractivity contribution in [3.8, 4) is 5.75 Å². The minimum absolute atomic E-state index is 0.0302. The maximum Gasteiger partial charge on any atom is 0.341 e. The number of benzene rings is 1. The Kier molecular flexibility index (Phi) is 3.82. The van der Waals surface area contributed by atoms with Crippen molar-refractivity contribution >= 4 is 12.0 Å². The largest absolute Gasteiger partial charge is 0.506 e. The molecule has 1 aromatic rings. The highest BCUT2D eigenvalue weighted by Crippen LogP contribution is 2.25. The van der Waals surface area contributed by atoms with E-state index in [-0.39, 0.29) is 22.6 Å². The first kappa shape index (κ1) is 12.7. The third-order valence-corrected chi connectivity index (χ3v) is 2.12. The van der Waals surface area contributed by atoms with Gasteiger partial charge in [-0.15, -0.1) is 0 Å². The van der Waals surface area contributed by atoms with Gasteiger partial charge in [-0.2, -0.15) is 0 Å². The second kappa shape index (κ2) is 5.11. The summed E-state index contributed by atoms with van der Waals surface area (Å²) in [7, 11) is 1.19. The number of hydrogen-bond donors (Lipinski definition) is 1. The van der Waals surface area contributed by atoms with E-state index in [0.717, 1.165) is 0 Å². The number of aromatic hydroxyl groups is 1. The lowest BCUT2D eigenvalue weighted by Gasteiger charge is -2.04. The fourth-order valence-electron chi connectivity index (χ4n) is 1.23. The van der Waals surface area contributed by atoms with Gasteiger partial charge in [-0.1, -0.05) is 12.1 Å². The lowest BCUT2D eigenvalue weighted by Crippen LogP contribution is -2.02. The molecule has 17 heavy (non-hydrogen) atoms. The third kappa shape index (κ3) is 2.81. The van der Waals surface area contributed by atoms with Gasteiger partial charge in [0.15, 0.2) is 0 Å². The first-order valence-electron chi connectivity index (χ1n) is 4.70. The van der Waals surface area contributed by atoms with Gasteiger partial charge in [0.1, 0.15) is 11.3 Å². The van der Waals surface area contributed by atoms with Gasteiger partial charge < -0.3 is 9.84 Å². The van der Waals surface area contributed by atoms with E-state index >= 15 is 0 Å². The number of esters is 1. The molecule has 0 aliphatic rings. The first-order chi connectivity index (χ1) is 7.97. The molecule has 0 saturated heterocycles. The summed E-state index contributed by atoms with van der Waals surface area (Å²) < 4.78 is 4.47. The Balaban J connectivity index is 3.24. The number of nitrogens with zero attached hydrogens (tertiary/aromatic N) is 1. The normalized spacial score (nSPS) is 11.1. The van der Waals surface area contributed by atoms with Crippen LogP contribution in [0.4, 0.5) is 0 Å². The topological polar surface area (TPSA) is 89.7 Å². The van der Waals surface area contributed by atoms with Gasteiger partial charge in [0.05, 0.1) is 12.0 Å². The van der Waals surface area contributed by atoms with E-state index in [1.165, 1.54) is 38.3 Å². The molecule has 0 spiro atoms. The quantitative estimate of drug-likeness (QED) is 0.492.